The fourth-order valence-electron chi connectivity index (χ4n) is 1.25. The van der Waals surface area contributed by atoms with Gasteiger partial charge < -0.3 is 9.84 Å². The Morgan fingerprint density at radius 3 is 2.71 bits per heavy atom. The Hall–Kier alpha value is -1.08. The average molecular weight is 278 g/mol. The molecule has 0 unspecified atom stereocenters. The highest BCUT2D eigenvalue weighted by Crippen LogP contribution is 2.28. The molecule has 0 saturated heterocycles. The fraction of sp³-hybridized carbons (Fsp3) is 0.500. The van der Waals surface area contributed by atoms with E-state index in [0.29, 0.717) is 12.2 Å². The summed E-state index contributed by atoms with van der Waals surface area (Å²) in [5.74, 6) is -0.673. The molecule has 7 heteroatoms. The molecule has 0 amide bonds. The average Bonchev–Trinajstić information content (AvgIpc) is 2.53. The fourth-order valence-corrected chi connectivity index (χ4v) is 2.69. The summed E-state index contributed by atoms with van der Waals surface area (Å²) in [6.07, 6.45) is 1.51. The third-order valence-corrected chi connectivity index (χ3v) is 3.98. The summed E-state index contributed by atoms with van der Waals surface area (Å²) in [5, 5.41) is 8.90. The largest absolute Gasteiger partial charge is 0.492 e. The number of sulfone groups is 1. The first-order valence-corrected chi connectivity index (χ1v) is 7.81. The molecule has 0 bridgehead atoms. The van der Waals surface area contributed by atoms with E-state index in [1.807, 2.05) is 0 Å². The number of hydrogen-bond acceptors (Lipinski definition) is 5. The van der Waals surface area contributed by atoms with E-state index >= 15 is 0 Å². The van der Waals surface area contributed by atoms with Crippen molar-refractivity contribution in [1.82, 2.24) is 0 Å². The first-order chi connectivity index (χ1) is 7.79. The Balaban J connectivity index is 2.55. The molecular weight excluding hydrogens is 264 g/mol. The van der Waals surface area contributed by atoms with E-state index in [4.69, 9.17) is 9.84 Å². The lowest BCUT2D eigenvalue weighted by molar-refractivity contribution is 0.0698. The van der Waals surface area contributed by atoms with Crippen LogP contribution in [-0.2, 0) is 9.84 Å². The third-order valence-electron chi connectivity index (χ3n) is 1.93. The topological polar surface area (TPSA) is 80.7 Å². The third kappa shape index (κ3) is 4.74. The van der Waals surface area contributed by atoms with Gasteiger partial charge in [0.25, 0.3) is 0 Å². The van der Waals surface area contributed by atoms with Crippen molar-refractivity contribution in [2.45, 2.75) is 13.3 Å². The van der Waals surface area contributed by atoms with Crippen LogP contribution in [0.1, 0.15) is 21.0 Å². The lowest BCUT2D eigenvalue weighted by Crippen LogP contribution is -2.08. The predicted molar refractivity (Wildman–Crippen MR) is 65.8 cm³/mol. The van der Waals surface area contributed by atoms with Crippen LogP contribution in [0.5, 0.6) is 5.75 Å². The van der Waals surface area contributed by atoms with Crippen LogP contribution in [0, 0.1) is 6.92 Å². The molecule has 0 aliphatic rings. The van der Waals surface area contributed by atoms with Crippen molar-refractivity contribution in [3.63, 3.8) is 0 Å². The minimum atomic E-state index is -2.99. The minimum Gasteiger partial charge on any atom is -0.492 e. The quantitative estimate of drug-likeness (QED) is 0.799. The van der Waals surface area contributed by atoms with Gasteiger partial charge in [-0.05, 0) is 19.4 Å². The van der Waals surface area contributed by atoms with E-state index in [1.54, 1.807) is 13.0 Å². The SMILES string of the molecule is Cc1cc(OCCCS(C)(=O)=O)c(C(=O)O)s1. The van der Waals surface area contributed by atoms with E-state index in [9.17, 15) is 13.2 Å². The molecule has 1 rings (SSSR count). The number of aromatic carboxylic acids is 1. The Kier molecular flexibility index (Phi) is 4.53. The second-order valence-electron chi connectivity index (χ2n) is 3.69. The summed E-state index contributed by atoms with van der Waals surface area (Å²) in [6, 6.07) is 1.65. The highest BCUT2D eigenvalue weighted by molar-refractivity contribution is 7.90. The Morgan fingerprint density at radius 1 is 1.53 bits per heavy atom. The molecule has 0 saturated carbocycles. The number of thiophene rings is 1. The van der Waals surface area contributed by atoms with Gasteiger partial charge in [-0.25, -0.2) is 13.2 Å². The highest BCUT2D eigenvalue weighted by atomic mass is 32.2. The molecule has 0 atom stereocenters. The lowest BCUT2D eigenvalue weighted by Gasteiger charge is -2.04. The van der Waals surface area contributed by atoms with Gasteiger partial charge in [0.15, 0.2) is 4.88 Å². The van der Waals surface area contributed by atoms with Crippen LogP contribution < -0.4 is 4.74 Å². The molecule has 0 spiro atoms. The van der Waals surface area contributed by atoms with Crippen molar-refractivity contribution >= 4 is 27.1 Å². The maximum Gasteiger partial charge on any atom is 0.349 e. The van der Waals surface area contributed by atoms with Crippen LogP contribution in [-0.4, -0.2) is 38.1 Å². The van der Waals surface area contributed by atoms with Crippen molar-refractivity contribution in [2.24, 2.45) is 0 Å². The lowest BCUT2D eigenvalue weighted by atomic mass is 10.4. The predicted octanol–water partition coefficient (Wildman–Crippen LogP) is 1.57. The van der Waals surface area contributed by atoms with Crippen LogP contribution in [0.25, 0.3) is 0 Å². The molecule has 1 heterocycles. The van der Waals surface area contributed by atoms with Gasteiger partial charge in [-0.2, -0.15) is 0 Å². The van der Waals surface area contributed by atoms with Crippen molar-refractivity contribution in [3.05, 3.63) is 15.8 Å². The Bertz CT molecular complexity index is 501. The van der Waals surface area contributed by atoms with Gasteiger partial charge >= 0.3 is 5.97 Å². The molecule has 1 aromatic rings. The molecule has 0 aliphatic heterocycles. The number of hydrogen-bond donors (Lipinski definition) is 1. The molecule has 0 fully saturated rings. The van der Waals surface area contributed by atoms with Crippen LogP contribution in [0.2, 0.25) is 0 Å². The molecule has 0 aliphatic carbocycles. The summed E-state index contributed by atoms with van der Waals surface area (Å²) < 4.78 is 27.0. The summed E-state index contributed by atoms with van der Waals surface area (Å²) in [6.45, 7) is 1.99. The van der Waals surface area contributed by atoms with E-state index in [2.05, 4.69) is 0 Å². The second-order valence-corrected chi connectivity index (χ2v) is 7.20. The molecule has 0 aromatic carbocycles. The van der Waals surface area contributed by atoms with Crippen molar-refractivity contribution in [2.75, 3.05) is 18.6 Å². The van der Waals surface area contributed by atoms with E-state index in [0.717, 1.165) is 22.5 Å². The number of carboxylic acid groups (broad SMARTS) is 1. The van der Waals surface area contributed by atoms with Crippen LogP contribution in [0.4, 0.5) is 0 Å². The Labute approximate surface area is 104 Å². The molecular formula is C10H14O5S2. The van der Waals surface area contributed by atoms with E-state index in [-0.39, 0.29) is 17.2 Å². The standard InChI is InChI=1S/C10H14O5S2/c1-7-6-8(9(16-7)10(11)12)15-4-3-5-17(2,13)14/h6H,3-5H2,1-2H3,(H,11,12). The van der Waals surface area contributed by atoms with Gasteiger partial charge in [-0.3, -0.25) is 0 Å². The number of aryl methyl sites for hydroxylation is 1. The molecule has 0 radical (unpaired) electrons. The maximum absolute atomic E-state index is 10.9. The second kappa shape index (κ2) is 5.50. The van der Waals surface area contributed by atoms with E-state index < -0.39 is 15.8 Å². The van der Waals surface area contributed by atoms with Crippen LogP contribution in [0.3, 0.4) is 0 Å². The Morgan fingerprint density at radius 2 is 2.18 bits per heavy atom. The van der Waals surface area contributed by atoms with Gasteiger partial charge in [0.1, 0.15) is 15.6 Å². The molecule has 1 N–H and O–H groups in total. The normalized spacial score (nSPS) is 11.4. The summed E-state index contributed by atoms with van der Waals surface area (Å²) >= 11 is 1.14. The maximum atomic E-state index is 10.9. The monoisotopic (exact) mass is 278 g/mol. The van der Waals surface area contributed by atoms with Gasteiger partial charge in [0, 0.05) is 11.1 Å². The van der Waals surface area contributed by atoms with Crippen molar-refractivity contribution in [1.29, 1.82) is 0 Å². The number of carbonyl (C=O) groups is 1. The first kappa shape index (κ1) is 14.0. The van der Waals surface area contributed by atoms with E-state index in [1.165, 1.54) is 0 Å². The zero-order chi connectivity index (χ0) is 13.1. The van der Waals surface area contributed by atoms with Gasteiger partial charge in [-0.15, -0.1) is 11.3 Å². The molecule has 1 aromatic heterocycles. The van der Waals surface area contributed by atoms with Crippen LogP contribution in [0.15, 0.2) is 6.07 Å². The van der Waals surface area contributed by atoms with Crippen LogP contribution >= 0.6 is 11.3 Å². The zero-order valence-corrected chi connectivity index (χ0v) is 11.2. The summed E-state index contributed by atoms with van der Waals surface area (Å²) in [5.41, 5.74) is 0. The summed E-state index contributed by atoms with van der Waals surface area (Å²) in [7, 11) is -2.99. The first-order valence-electron chi connectivity index (χ1n) is 4.94. The van der Waals surface area contributed by atoms with Crippen molar-refractivity contribution in [3.8, 4) is 5.75 Å². The smallest absolute Gasteiger partial charge is 0.349 e. The molecule has 17 heavy (non-hydrogen) atoms. The molecule has 96 valence electrons. The number of carboxylic acids is 1. The van der Waals surface area contributed by atoms with Gasteiger partial charge in [0.05, 0.1) is 12.4 Å². The number of ether oxygens (including phenoxy) is 1. The number of rotatable bonds is 6. The minimum absolute atomic E-state index is 0.0402. The zero-order valence-electron chi connectivity index (χ0n) is 9.60. The summed E-state index contributed by atoms with van der Waals surface area (Å²) in [4.78, 5) is 11.9. The van der Waals surface area contributed by atoms with Gasteiger partial charge in [-0.1, -0.05) is 0 Å². The van der Waals surface area contributed by atoms with Gasteiger partial charge in [0.2, 0.25) is 0 Å². The van der Waals surface area contributed by atoms with Crippen molar-refractivity contribution < 1.29 is 23.1 Å². The highest BCUT2D eigenvalue weighted by Gasteiger charge is 2.15. The molecule has 5 nitrogen and oxygen atoms in total.